The summed E-state index contributed by atoms with van der Waals surface area (Å²) in [5, 5.41) is 0. The van der Waals surface area contributed by atoms with Gasteiger partial charge in [-0.15, -0.1) is 0 Å². The lowest BCUT2D eigenvalue weighted by Gasteiger charge is -2.40. The number of hydrogen-bond donors (Lipinski definition) is 0. The van der Waals surface area contributed by atoms with E-state index in [0.717, 1.165) is 16.8 Å². The van der Waals surface area contributed by atoms with Gasteiger partial charge in [-0.3, -0.25) is 9.59 Å². The molecular weight excluding hydrogens is 288 g/mol. The van der Waals surface area contributed by atoms with Crippen LogP contribution in [0.1, 0.15) is 45.2 Å². The van der Waals surface area contributed by atoms with Crippen molar-refractivity contribution in [3.05, 3.63) is 29.3 Å². The molecule has 1 aliphatic heterocycles. The van der Waals surface area contributed by atoms with Gasteiger partial charge in [-0.05, 0) is 43.4 Å². The van der Waals surface area contributed by atoms with Crippen molar-refractivity contribution in [2.45, 2.75) is 54.0 Å². The van der Waals surface area contributed by atoms with Crippen LogP contribution in [0.15, 0.2) is 18.2 Å². The molecule has 0 aromatic heterocycles. The lowest BCUT2D eigenvalue weighted by Crippen LogP contribution is -2.58. The van der Waals surface area contributed by atoms with Crippen LogP contribution in [0.5, 0.6) is 0 Å². The Balaban J connectivity index is 2.18. The summed E-state index contributed by atoms with van der Waals surface area (Å²) in [7, 11) is 0. The lowest BCUT2D eigenvalue weighted by atomic mass is 9.91. The zero-order chi connectivity index (χ0) is 17.4. The Bertz CT molecular complexity index is 616. The Morgan fingerprint density at radius 2 is 1.87 bits per heavy atom. The van der Waals surface area contributed by atoms with Gasteiger partial charge in [0.25, 0.3) is 0 Å². The number of carbonyl (C=O) groups is 2. The summed E-state index contributed by atoms with van der Waals surface area (Å²) >= 11 is 0. The van der Waals surface area contributed by atoms with Gasteiger partial charge in [-0.1, -0.05) is 32.9 Å². The van der Waals surface area contributed by atoms with Crippen molar-refractivity contribution in [2.75, 3.05) is 18.0 Å². The number of anilines is 1. The van der Waals surface area contributed by atoms with Crippen LogP contribution in [0, 0.1) is 19.3 Å². The monoisotopic (exact) mass is 316 g/mol. The number of benzene rings is 1. The Kier molecular flexibility index (Phi) is 4.83. The minimum absolute atomic E-state index is 0.00668. The molecule has 2 rings (SSSR count). The predicted octanol–water partition coefficient (Wildman–Crippen LogP) is 3.30. The maximum absolute atomic E-state index is 12.8. The van der Waals surface area contributed by atoms with Gasteiger partial charge in [0.15, 0.2) is 0 Å². The molecule has 1 aromatic carbocycles. The molecule has 1 saturated heterocycles. The van der Waals surface area contributed by atoms with Gasteiger partial charge in [0.1, 0.15) is 6.04 Å². The fraction of sp³-hybridized carbons (Fsp3) is 0.579. The number of aryl methyl sites for hydroxylation is 2. The van der Waals surface area contributed by atoms with Gasteiger partial charge in [0.05, 0.1) is 0 Å². The van der Waals surface area contributed by atoms with E-state index in [1.807, 2.05) is 58.6 Å². The molecule has 4 nitrogen and oxygen atoms in total. The van der Waals surface area contributed by atoms with E-state index in [-0.39, 0.29) is 17.2 Å². The Morgan fingerprint density at radius 1 is 1.22 bits per heavy atom. The first-order valence-corrected chi connectivity index (χ1v) is 8.28. The molecule has 0 N–H and O–H groups in total. The highest BCUT2D eigenvalue weighted by atomic mass is 16.2. The Labute approximate surface area is 139 Å². The maximum Gasteiger partial charge on any atom is 0.249 e. The molecule has 0 aliphatic carbocycles. The van der Waals surface area contributed by atoms with Crippen LogP contribution >= 0.6 is 0 Å². The third-order valence-corrected chi connectivity index (χ3v) is 4.31. The molecule has 1 aliphatic rings. The molecule has 1 atom stereocenters. The Hall–Kier alpha value is -1.84. The van der Waals surface area contributed by atoms with Crippen LogP contribution in [-0.4, -0.2) is 35.8 Å². The van der Waals surface area contributed by atoms with Crippen molar-refractivity contribution in [1.29, 1.82) is 0 Å². The molecule has 0 spiro atoms. The highest BCUT2D eigenvalue weighted by molar-refractivity contribution is 6.00. The lowest BCUT2D eigenvalue weighted by molar-refractivity contribution is -0.142. The number of nitrogens with zero attached hydrogens (tertiary/aromatic N) is 2. The van der Waals surface area contributed by atoms with E-state index < -0.39 is 6.04 Å². The predicted molar refractivity (Wildman–Crippen MR) is 93.5 cm³/mol. The normalized spacial score (nSPS) is 19.2. The number of rotatable bonds is 2. The second-order valence-corrected chi connectivity index (χ2v) is 7.78. The van der Waals surface area contributed by atoms with E-state index in [4.69, 9.17) is 0 Å². The van der Waals surface area contributed by atoms with Crippen LogP contribution in [0.4, 0.5) is 5.69 Å². The first-order chi connectivity index (χ1) is 10.6. The molecule has 0 saturated carbocycles. The number of piperazine rings is 1. The summed E-state index contributed by atoms with van der Waals surface area (Å²) in [6, 6.07) is 5.74. The quantitative estimate of drug-likeness (QED) is 0.840. The highest BCUT2D eigenvalue weighted by Gasteiger charge is 2.36. The second-order valence-electron chi connectivity index (χ2n) is 7.78. The van der Waals surface area contributed by atoms with Crippen molar-refractivity contribution in [1.82, 2.24) is 4.90 Å². The standard InChI is InChI=1S/C19H28N2O2/c1-13-7-8-14(2)16(11-13)21-10-9-20(15(3)18(21)23)17(22)12-19(4,5)6/h7-8,11,15H,9-10,12H2,1-6H3/t15-/m1/s1. The van der Waals surface area contributed by atoms with Crippen LogP contribution in [0.3, 0.4) is 0 Å². The zero-order valence-corrected chi connectivity index (χ0v) is 15.1. The molecular formula is C19H28N2O2. The molecule has 1 heterocycles. The van der Waals surface area contributed by atoms with E-state index >= 15 is 0 Å². The number of carbonyl (C=O) groups excluding carboxylic acids is 2. The molecule has 2 amide bonds. The molecule has 4 heteroatoms. The Morgan fingerprint density at radius 3 is 2.48 bits per heavy atom. The summed E-state index contributed by atoms with van der Waals surface area (Å²) in [6.45, 7) is 13.2. The van der Waals surface area contributed by atoms with E-state index in [2.05, 4.69) is 6.07 Å². The van der Waals surface area contributed by atoms with Crippen molar-refractivity contribution in [2.24, 2.45) is 5.41 Å². The van der Waals surface area contributed by atoms with Crippen LogP contribution in [0.2, 0.25) is 0 Å². The van der Waals surface area contributed by atoms with Gasteiger partial charge < -0.3 is 9.80 Å². The molecule has 1 aromatic rings. The third-order valence-electron chi connectivity index (χ3n) is 4.31. The van der Waals surface area contributed by atoms with Crippen LogP contribution < -0.4 is 4.90 Å². The average molecular weight is 316 g/mol. The van der Waals surface area contributed by atoms with Crippen molar-refractivity contribution in [3.8, 4) is 0 Å². The highest BCUT2D eigenvalue weighted by Crippen LogP contribution is 2.27. The fourth-order valence-corrected chi connectivity index (χ4v) is 3.02. The molecule has 0 bridgehead atoms. The summed E-state index contributed by atoms with van der Waals surface area (Å²) in [5.41, 5.74) is 3.12. The number of amides is 2. The largest absolute Gasteiger partial charge is 0.329 e. The second kappa shape index (κ2) is 6.34. The van der Waals surface area contributed by atoms with Crippen molar-refractivity contribution >= 4 is 17.5 Å². The minimum atomic E-state index is -0.404. The molecule has 126 valence electrons. The first kappa shape index (κ1) is 17.5. The van der Waals surface area contributed by atoms with E-state index in [1.165, 1.54) is 0 Å². The smallest absolute Gasteiger partial charge is 0.249 e. The SMILES string of the molecule is Cc1ccc(C)c(N2CCN(C(=O)CC(C)(C)C)[C@H](C)C2=O)c1. The van der Waals surface area contributed by atoms with Crippen molar-refractivity contribution < 1.29 is 9.59 Å². The van der Waals surface area contributed by atoms with Crippen LogP contribution in [-0.2, 0) is 9.59 Å². The summed E-state index contributed by atoms with van der Waals surface area (Å²) in [4.78, 5) is 28.8. The molecule has 1 fully saturated rings. The fourth-order valence-electron chi connectivity index (χ4n) is 3.02. The molecule has 0 unspecified atom stereocenters. The van der Waals surface area contributed by atoms with Gasteiger partial charge in [-0.25, -0.2) is 0 Å². The topological polar surface area (TPSA) is 40.6 Å². The average Bonchev–Trinajstić information content (AvgIpc) is 2.42. The molecule has 0 radical (unpaired) electrons. The summed E-state index contributed by atoms with van der Waals surface area (Å²) < 4.78 is 0. The van der Waals surface area contributed by atoms with Gasteiger partial charge in [0, 0.05) is 25.2 Å². The summed E-state index contributed by atoms with van der Waals surface area (Å²) in [6.07, 6.45) is 0.466. The van der Waals surface area contributed by atoms with E-state index in [1.54, 1.807) is 4.90 Å². The van der Waals surface area contributed by atoms with E-state index in [9.17, 15) is 9.59 Å². The van der Waals surface area contributed by atoms with Crippen molar-refractivity contribution in [3.63, 3.8) is 0 Å². The van der Waals surface area contributed by atoms with Gasteiger partial charge in [0.2, 0.25) is 11.8 Å². The third kappa shape index (κ3) is 3.92. The zero-order valence-electron chi connectivity index (χ0n) is 15.1. The van der Waals surface area contributed by atoms with Crippen LogP contribution in [0.25, 0.3) is 0 Å². The van der Waals surface area contributed by atoms with E-state index in [0.29, 0.717) is 19.5 Å². The minimum Gasteiger partial charge on any atom is -0.329 e. The molecule has 23 heavy (non-hydrogen) atoms. The number of hydrogen-bond acceptors (Lipinski definition) is 2. The van der Waals surface area contributed by atoms with Gasteiger partial charge in [-0.2, -0.15) is 0 Å². The first-order valence-electron chi connectivity index (χ1n) is 8.28. The maximum atomic E-state index is 12.8. The van der Waals surface area contributed by atoms with Gasteiger partial charge >= 0.3 is 0 Å². The summed E-state index contributed by atoms with van der Waals surface area (Å²) in [5.74, 6) is 0.0752.